The number of rotatable bonds is 8. The van der Waals surface area contributed by atoms with E-state index in [2.05, 4.69) is 39.7 Å². The van der Waals surface area contributed by atoms with Crippen LogP contribution in [0.4, 0.5) is 0 Å². The summed E-state index contributed by atoms with van der Waals surface area (Å²) in [6.45, 7) is 5.62. The highest BCUT2D eigenvalue weighted by molar-refractivity contribution is 7.80. The van der Waals surface area contributed by atoms with E-state index in [1.165, 1.54) is 12.7 Å². The molecule has 2 aromatic heterocycles. The molecule has 1 N–H and O–H groups in total. The van der Waals surface area contributed by atoms with E-state index in [9.17, 15) is 4.79 Å². The quantitative estimate of drug-likeness (QED) is 0.294. The van der Waals surface area contributed by atoms with Crippen LogP contribution in [0, 0.1) is 13.8 Å². The maximum absolute atomic E-state index is 12.1. The van der Waals surface area contributed by atoms with Gasteiger partial charge < -0.3 is 24.3 Å². The number of aryl methyl sites for hydroxylation is 1. The van der Waals surface area contributed by atoms with Crippen molar-refractivity contribution in [1.29, 1.82) is 0 Å². The number of hydrogen-bond donors (Lipinski definition) is 1. The number of nitrogens with one attached hydrogen (secondary N) is 1. The molecule has 8 heteroatoms. The third-order valence-electron chi connectivity index (χ3n) is 6.26. The minimum atomic E-state index is -0.352. The average Bonchev–Trinajstić information content (AvgIpc) is 3.34. The number of nitrogens with zero attached hydrogens (tertiary/aromatic N) is 3. The topological polar surface area (TPSA) is 68.6 Å². The zero-order valence-corrected chi connectivity index (χ0v) is 20.8. The Morgan fingerprint density at radius 3 is 2.68 bits per heavy atom. The van der Waals surface area contributed by atoms with E-state index >= 15 is 0 Å². The van der Waals surface area contributed by atoms with Gasteiger partial charge in [-0.25, -0.2) is 4.79 Å². The second-order valence-electron chi connectivity index (χ2n) is 8.37. The molecule has 0 saturated carbocycles. The summed E-state index contributed by atoms with van der Waals surface area (Å²) in [7, 11) is 3.11. The van der Waals surface area contributed by atoms with Crippen molar-refractivity contribution in [3.63, 3.8) is 0 Å². The van der Waals surface area contributed by atoms with Crippen LogP contribution in [-0.2, 0) is 9.47 Å². The Balaban J connectivity index is 1.78. The highest BCUT2D eigenvalue weighted by atomic mass is 32.1. The Bertz CT molecular complexity index is 1180. The number of aromatic nitrogens is 2. The Labute approximate surface area is 205 Å². The van der Waals surface area contributed by atoms with Gasteiger partial charge in [-0.2, -0.15) is 0 Å². The van der Waals surface area contributed by atoms with Crippen LogP contribution < -0.4 is 5.32 Å². The molecule has 1 fully saturated rings. The van der Waals surface area contributed by atoms with Gasteiger partial charge in [-0.3, -0.25) is 4.98 Å². The van der Waals surface area contributed by atoms with E-state index in [4.69, 9.17) is 21.7 Å². The second kappa shape index (κ2) is 10.4. The van der Waals surface area contributed by atoms with Gasteiger partial charge in [-0.15, -0.1) is 0 Å². The van der Waals surface area contributed by atoms with Crippen molar-refractivity contribution >= 4 is 23.3 Å². The van der Waals surface area contributed by atoms with Crippen molar-refractivity contribution in [2.75, 3.05) is 27.4 Å². The Hall–Kier alpha value is -3.23. The molecule has 3 heterocycles. The number of carbonyl (C=O) groups is 1. The molecule has 2 atom stereocenters. The predicted molar refractivity (Wildman–Crippen MR) is 135 cm³/mol. The molecule has 7 nitrogen and oxygen atoms in total. The summed E-state index contributed by atoms with van der Waals surface area (Å²) >= 11 is 5.77. The fraction of sp³-hybridized carbons (Fsp3) is 0.346. The van der Waals surface area contributed by atoms with Gasteiger partial charge >= 0.3 is 5.97 Å². The maximum Gasteiger partial charge on any atom is 0.337 e. The van der Waals surface area contributed by atoms with Gasteiger partial charge in [0.15, 0.2) is 5.11 Å². The van der Waals surface area contributed by atoms with Crippen LogP contribution in [0.3, 0.4) is 0 Å². The van der Waals surface area contributed by atoms with E-state index in [0.29, 0.717) is 17.3 Å². The molecule has 178 valence electrons. The summed E-state index contributed by atoms with van der Waals surface area (Å²) in [5.41, 5.74) is 5.71. The number of hydrogen-bond acceptors (Lipinski definition) is 5. The van der Waals surface area contributed by atoms with Crippen LogP contribution in [0.15, 0.2) is 54.7 Å². The van der Waals surface area contributed by atoms with Gasteiger partial charge in [0.2, 0.25) is 0 Å². The van der Waals surface area contributed by atoms with Gasteiger partial charge in [-0.05, 0) is 74.4 Å². The molecule has 0 radical (unpaired) electrons. The van der Waals surface area contributed by atoms with Crippen molar-refractivity contribution < 1.29 is 14.3 Å². The zero-order chi connectivity index (χ0) is 24.2. The summed E-state index contributed by atoms with van der Waals surface area (Å²) in [6, 6.07) is 15.6. The molecule has 0 aliphatic carbocycles. The molecular weight excluding hydrogens is 448 g/mol. The molecule has 1 saturated heterocycles. The molecule has 0 spiro atoms. The highest BCUT2D eigenvalue weighted by Crippen LogP contribution is 2.41. The highest BCUT2D eigenvalue weighted by Gasteiger charge is 2.41. The molecule has 0 bridgehead atoms. The molecule has 0 unspecified atom stereocenters. The van der Waals surface area contributed by atoms with Crippen molar-refractivity contribution in [1.82, 2.24) is 19.8 Å². The first kappa shape index (κ1) is 23.9. The van der Waals surface area contributed by atoms with E-state index in [0.717, 1.165) is 35.7 Å². The van der Waals surface area contributed by atoms with Crippen LogP contribution in [-0.4, -0.2) is 52.9 Å². The first-order chi connectivity index (χ1) is 16.5. The summed E-state index contributed by atoms with van der Waals surface area (Å²) < 4.78 is 12.4. The third kappa shape index (κ3) is 4.56. The number of methoxy groups -OCH3 is 2. The lowest BCUT2D eigenvalue weighted by molar-refractivity contribution is 0.0600. The van der Waals surface area contributed by atoms with Crippen molar-refractivity contribution in [3.8, 4) is 5.69 Å². The molecule has 1 aliphatic heterocycles. The molecule has 34 heavy (non-hydrogen) atoms. The number of esters is 1. The fourth-order valence-electron chi connectivity index (χ4n) is 4.74. The van der Waals surface area contributed by atoms with Crippen LogP contribution in [0.2, 0.25) is 0 Å². The predicted octanol–water partition coefficient (Wildman–Crippen LogP) is 4.28. The van der Waals surface area contributed by atoms with Crippen molar-refractivity contribution in [3.05, 3.63) is 82.9 Å². The SMILES string of the molecule is COCCCN1C(=S)N[C@H](c2ccccn2)[C@H]1c1cc(C)n(-c2cccc(C(=O)OC)c2)c1C. The van der Waals surface area contributed by atoms with Crippen molar-refractivity contribution in [2.24, 2.45) is 0 Å². The number of benzene rings is 1. The van der Waals surface area contributed by atoms with Gasteiger partial charge in [0.25, 0.3) is 0 Å². The van der Waals surface area contributed by atoms with Crippen LogP contribution >= 0.6 is 12.2 Å². The minimum absolute atomic E-state index is 0.0250. The van der Waals surface area contributed by atoms with Crippen molar-refractivity contribution in [2.45, 2.75) is 32.4 Å². The van der Waals surface area contributed by atoms with Gasteiger partial charge in [0.05, 0.1) is 30.5 Å². The molecule has 1 aromatic carbocycles. The van der Waals surface area contributed by atoms with Crippen LogP contribution in [0.5, 0.6) is 0 Å². The Kier molecular flexibility index (Phi) is 7.29. The average molecular weight is 479 g/mol. The van der Waals surface area contributed by atoms with Crippen LogP contribution in [0.25, 0.3) is 5.69 Å². The van der Waals surface area contributed by atoms with E-state index in [1.807, 2.05) is 42.6 Å². The summed E-state index contributed by atoms with van der Waals surface area (Å²) in [6.07, 6.45) is 2.68. The van der Waals surface area contributed by atoms with E-state index in [-0.39, 0.29) is 18.1 Å². The largest absolute Gasteiger partial charge is 0.465 e. The number of carbonyl (C=O) groups excluding carboxylic acids is 1. The number of thiocarbonyl (C=S) groups is 1. The molecular formula is C26H30N4O3S. The summed E-state index contributed by atoms with van der Waals surface area (Å²) in [5, 5.41) is 4.22. The van der Waals surface area contributed by atoms with Gasteiger partial charge in [0, 0.05) is 43.5 Å². The van der Waals surface area contributed by atoms with Gasteiger partial charge in [-0.1, -0.05) is 12.1 Å². The summed E-state index contributed by atoms with van der Waals surface area (Å²) in [5.74, 6) is -0.352. The lowest BCUT2D eigenvalue weighted by Crippen LogP contribution is -2.31. The third-order valence-corrected chi connectivity index (χ3v) is 6.61. The standard InChI is InChI=1S/C26H30N4O3S/c1-17-15-21(18(2)30(17)20-10-7-9-19(16-20)25(31)33-4)24-23(22-11-5-6-12-27-22)28-26(34)29(24)13-8-14-32-3/h5-7,9-12,15-16,23-24H,8,13-14H2,1-4H3,(H,28,34)/t23-,24-/m1/s1. The molecule has 4 rings (SSSR count). The first-order valence-corrected chi connectivity index (χ1v) is 11.7. The van der Waals surface area contributed by atoms with E-state index < -0.39 is 0 Å². The fourth-order valence-corrected chi connectivity index (χ4v) is 5.07. The smallest absolute Gasteiger partial charge is 0.337 e. The second-order valence-corrected chi connectivity index (χ2v) is 8.76. The number of pyridine rings is 1. The maximum atomic E-state index is 12.1. The molecule has 3 aromatic rings. The lowest BCUT2D eigenvalue weighted by atomic mass is 9.96. The zero-order valence-electron chi connectivity index (χ0n) is 19.9. The van der Waals surface area contributed by atoms with E-state index in [1.54, 1.807) is 13.2 Å². The monoisotopic (exact) mass is 478 g/mol. The molecule has 0 amide bonds. The first-order valence-electron chi connectivity index (χ1n) is 11.3. The lowest BCUT2D eigenvalue weighted by Gasteiger charge is -2.28. The van der Waals surface area contributed by atoms with Gasteiger partial charge in [0.1, 0.15) is 0 Å². The molecule has 1 aliphatic rings. The minimum Gasteiger partial charge on any atom is -0.465 e. The number of ether oxygens (including phenoxy) is 2. The Morgan fingerprint density at radius 1 is 1.15 bits per heavy atom. The van der Waals surface area contributed by atoms with Crippen LogP contribution in [0.1, 0.15) is 51.5 Å². The summed E-state index contributed by atoms with van der Waals surface area (Å²) in [4.78, 5) is 19.0. The Morgan fingerprint density at radius 2 is 1.97 bits per heavy atom. The normalized spacial score (nSPS) is 17.6.